The van der Waals surface area contributed by atoms with Crippen LogP contribution in [0.1, 0.15) is 27.2 Å². The highest BCUT2D eigenvalue weighted by atomic mass is 14.5. The van der Waals surface area contributed by atoms with Crippen LogP contribution in [0.25, 0.3) is 0 Å². The van der Waals surface area contributed by atoms with Gasteiger partial charge in [-0.2, -0.15) is 0 Å². The topological polar surface area (TPSA) is 26.0 Å². The summed E-state index contributed by atoms with van der Waals surface area (Å²) in [6.45, 7) is 10.7. The van der Waals surface area contributed by atoms with E-state index in [1.54, 1.807) is 0 Å². The smallest absolute Gasteiger partial charge is 0.00398 e. The van der Waals surface area contributed by atoms with Gasteiger partial charge < -0.3 is 5.73 Å². The lowest BCUT2D eigenvalue weighted by molar-refractivity contribution is 0.938. The second-order valence-corrected chi connectivity index (χ2v) is 3.18. The predicted octanol–water partition coefficient (Wildman–Crippen LogP) is 2.80. The normalized spacial score (nSPS) is 13.3. The lowest BCUT2D eigenvalue weighted by Gasteiger charge is -2.01. The first-order valence-electron chi connectivity index (χ1n) is 4.28. The first kappa shape index (κ1) is 11.2. The van der Waals surface area contributed by atoms with Gasteiger partial charge in [-0.05, 0) is 33.7 Å². The van der Waals surface area contributed by atoms with Crippen LogP contribution in [0.15, 0.2) is 35.5 Å². The molecule has 0 aromatic heterocycles. The zero-order chi connectivity index (χ0) is 9.56. The number of hydrogen-bond donors (Lipinski definition) is 1. The molecule has 0 aliphatic rings. The van der Waals surface area contributed by atoms with Gasteiger partial charge in [0.05, 0.1) is 0 Å². The number of rotatable bonds is 4. The Morgan fingerprint density at radius 3 is 2.25 bits per heavy atom. The quantitative estimate of drug-likeness (QED) is 0.637. The standard InChI is InChI=1S/C11H19N/c1-9(2)5-6-10(3)11(4)7-8-12/h5-6H,1,7-8,12H2,2-4H3/b6-5-,11-10+. The summed E-state index contributed by atoms with van der Waals surface area (Å²) in [5.74, 6) is 0. The maximum absolute atomic E-state index is 5.45. The molecule has 0 atom stereocenters. The molecular weight excluding hydrogens is 146 g/mol. The van der Waals surface area contributed by atoms with Gasteiger partial charge in [0.25, 0.3) is 0 Å². The van der Waals surface area contributed by atoms with Crippen molar-refractivity contribution in [1.29, 1.82) is 0 Å². The van der Waals surface area contributed by atoms with Crippen molar-refractivity contribution in [2.75, 3.05) is 6.54 Å². The molecule has 0 rings (SSSR count). The zero-order valence-corrected chi connectivity index (χ0v) is 8.35. The minimum Gasteiger partial charge on any atom is -0.330 e. The van der Waals surface area contributed by atoms with E-state index in [1.165, 1.54) is 11.1 Å². The monoisotopic (exact) mass is 165 g/mol. The highest BCUT2D eigenvalue weighted by Gasteiger charge is 1.91. The number of allylic oxidation sites excluding steroid dienone is 4. The van der Waals surface area contributed by atoms with Crippen LogP contribution in [-0.2, 0) is 0 Å². The minimum atomic E-state index is 0.726. The third-order valence-corrected chi connectivity index (χ3v) is 1.81. The van der Waals surface area contributed by atoms with Gasteiger partial charge in [0.1, 0.15) is 0 Å². The van der Waals surface area contributed by atoms with Crippen molar-refractivity contribution in [2.45, 2.75) is 27.2 Å². The Morgan fingerprint density at radius 1 is 1.25 bits per heavy atom. The molecule has 1 nitrogen and oxygen atoms in total. The Hall–Kier alpha value is -0.820. The van der Waals surface area contributed by atoms with Crippen LogP contribution in [0.3, 0.4) is 0 Å². The highest BCUT2D eigenvalue weighted by molar-refractivity contribution is 5.27. The molecule has 0 fully saturated rings. The summed E-state index contributed by atoms with van der Waals surface area (Å²) in [5.41, 5.74) is 9.18. The summed E-state index contributed by atoms with van der Waals surface area (Å²) >= 11 is 0. The van der Waals surface area contributed by atoms with E-state index in [0.29, 0.717) is 0 Å². The zero-order valence-electron chi connectivity index (χ0n) is 8.35. The van der Waals surface area contributed by atoms with Gasteiger partial charge >= 0.3 is 0 Å². The number of hydrogen-bond acceptors (Lipinski definition) is 1. The second-order valence-electron chi connectivity index (χ2n) is 3.18. The van der Waals surface area contributed by atoms with E-state index in [2.05, 4.69) is 26.5 Å². The molecule has 0 unspecified atom stereocenters. The van der Waals surface area contributed by atoms with Gasteiger partial charge in [-0.25, -0.2) is 0 Å². The largest absolute Gasteiger partial charge is 0.330 e. The third-order valence-electron chi connectivity index (χ3n) is 1.81. The summed E-state index contributed by atoms with van der Waals surface area (Å²) in [6.07, 6.45) is 5.09. The van der Waals surface area contributed by atoms with E-state index >= 15 is 0 Å². The second kappa shape index (κ2) is 5.78. The fourth-order valence-corrected chi connectivity index (χ4v) is 0.823. The van der Waals surface area contributed by atoms with Crippen LogP contribution in [0.4, 0.5) is 0 Å². The molecule has 1 heteroatoms. The van der Waals surface area contributed by atoms with Crippen LogP contribution >= 0.6 is 0 Å². The SMILES string of the molecule is C=C(C)/C=C\C(C)=C(/C)CCN. The molecule has 0 aromatic carbocycles. The van der Waals surface area contributed by atoms with Crippen molar-refractivity contribution in [3.8, 4) is 0 Å². The Kier molecular flexibility index (Phi) is 5.39. The molecule has 0 saturated carbocycles. The number of nitrogens with two attached hydrogens (primary N) is 1. The van der Waals surface area contributed by atoms with E-state index < -0.39 is 0 Å². The lowest BCUT2D eigenvalue weighted by atomic mass is 10.1. The van der Waals surface area contributed by atoms with Crippen LogP contribution in [0.5, 0.6) is 0 Å². The van der Waals surface area contributed by atoms with Crippen molar-refractivity contribution >= 4 is 0 Å². The van der Waals surface area contributed by atoms with Crippen molar-refractivity contribution < 1.29 is 0 Å². The van der Waals surface area contributed by atoms with Gasteiger partial charge in [-0.3, -0.25) is 0 Å². The van der Waals surface area contributed by atoms with Crippen molar-refractivity contribution in [2.24, 2.45) is 5.73 Å². The molecule has 0 heterocycles. The summed E-state index contributed by atoms with van der Waals surface area (Å²) in [4.78, 5) is 0. The van der Waals surface area contributed by atoms with Crippen molar-refractivity contribution in [1.82, 2.24) is 0 Å². The molecular formula is C11H19N. The highest BCUT2D eigenvalue weighted by Crippen LogP contribution is 2.08. The van der Waals surface area contributed by atoms with Gasteiger partial charge in [-0.15, -0.1) is 0 Å². The van der Waals surface area contributed by atoms with Crippen molar-refractivity contribution in [3.05, 3.63) is 35.5 Å². The van der Waals surface area contributed by atoms with E-state index in [0.717, 1.165) is 18.5 Å². The van der Waals surface area contributed by atoms with E-state index in [9.17, 15) is 0 Å². The third kappa shape index (κ3) is 4.91. The lowest BCUT2D eigenvalue weighted by Crippen LogP contribution is -1.99. The molecule has 0 aromatic rings. The molecule has 0 aliphatic carbocycles. The molecule has 0 radical (unpaired) electrons. The average Bonchev–Trinajstić information content (AvgIpc) is 2.00. The first-order chi connectivity index (χ1) is 5.57. The molecule has 68 valence electrons. The Labute approximate surface area is 75.7 Å². The van der Waals surface area contributed by atoms with Crippen LogP contribution in [0.2, 0.25) is 0 Å². The summed E-state index contributed by atoms with van der Waals surface area (Å²) < 4.78 is 0. The van der Waals surface area contributed by atoms with Gasteiger partial charge in [-0.1, -0.05) is 35.5 Å². The molecule has 2 N–H and O–H groups in total. The van der Waals surface area contributed by atoms with Crippen LogP contribution in [-0.4, -0.2) is 6.54 Å². The van der Waals surface area contributed by atoms with E-state index in [4.69, 9.17) is 5.73 Å². The van der Waals surface area contributed by atoms with Crippen molar-refractivity contribution in [3.63, 3.8) is 0 Å². The summed E-state index contributed by atoms with van der Waals surface area (Å²) in [5, 5.41) is 0. The van der Waals surface area contributed by atoms with Crippen LogP contribution < -0.4 is 5.73 Å². The molecule has 0 amide bonds. The average molecular weight is 165 g/mol. The van der Waals surface area contributed by atoms with E-state index in [-0.39, 0.29) is 0 Å². The summed E-state index contributed by atoms with van der Waals surface area (Å²) in [7, 11) is 0. The Morgan fingerprint density at radius 2 is 1.83 bits per heavy atom. The molecule has 12 heavy (non-hydrogen) atoms. The van der Waals surface area contributed by atoms with Gasteiger partial charge in [0, 0.05) is 0 Å². The Balaban J connectivity index is 4.25. The molecule has 0 saturated heterocycles. The maximum atomic E-state index is 5.45. The summed E-state index contributed by atoms with van der Waals surface area (Å²) in [6, 6.07) is 0. The minimum absolute atomic E-state index is 0.726. The molecule has 0 aliphatic heterocycles. The Bertz CT molecular complexity index is 209. The molecule has 0 bridgehead atoms. The van der Waals surface area contributed by atoms with E-state index in [1.807, 2.05) is 13.0 Å². The first-order valence-corrected chi connectivity index (χ1v) is 4.28. The maximum Gasteiger partial charge on any atom is -0.00398 e. The molecule has 0 spiro atoms. The predicted molar refractivity (Wildman–Crippen MR) is 56.0 cm³/mol. The fraction of sp³-hybridized carbons (Fsp3) is 0.455. The van der Waals surface area contributed by atoms with Crippen LogP contribution in [0, 0.1) is 0 Å². The fourth-order valence-electron chi connectivity index (χ4n) is 0.823. The van der Waals surface area contributed by atoms with Gasteiger partial charge in [0.15, 0.2) is 0 Å². The van der Waals surface area contributed by atoms with Gasteiger partial charge in [0.2, 0.25) is 0 Å².